The minimum absolute atomic E-state index is 0.262. The molecule has 0 radical (unpaired) electrons. The average Bonchev–Trinajstić information content (AvgIpc) is 3.14. The van der Waals surface area contributed by atoms with Crippen molar-refractivity contribution in [3.63, 3.8) is 0 Å². The predicted molar refractivity (Wildman–Crippen MR) is 128 cm³/mol. The van der Waals surface area contributed by atoms with Gasteiger partial charge in [0.25, 0.3) is 0 Å². The van der Waals surface area contributed by atoms with Crippen LogP contribution in [0.25, 0.3) is 0 Å². The van der Waals surface area contributed by atoms with Crippen LogP contribution in [0.15, 0.2) is 59.6 Å². The van der Waals surface area contributed by atoms with Crippen molar-refractivity contribution in [2.75, 3.05) is 32.7 Å². The number of aryl methyl sites for hydroxylation is 1. The van der Waals surface area contributed by atoms with E-state index in [1.54, 1.807) is 0 Å². The lowest BCUT2D eigenvalue weighted by atomic mass is 10.00. The zero-order valence-electron chi connectivity index (χ0n) is 19.1. The molecule has 1 heterocycles. The summed E-state index contributed by atoms with van der Waals surface area (Å²) in [5.74, 6) is 1.77. The third-order valence-corrected chi connectivity index (χ3v) is 5.84. The Hall–Kier alpha value is -2.82. The van der Waals surface area contributed by atoms with Crippen molar-refractivity contribution >= 4 is 11.9 Å². The fourth-order valence-corrected chi connectivity index (χ4v) is 4.01. The minimum Gasteiger partial charge on any atom is -0.357 e. The fourth-order valence-electron chi connectivity index (χ4n) is 4.01. The first-order chi connectivity index (χ1) is 15.0. The summed E-state index contributed by atoms with van der Waals surface area (Å²) in [4.78, 5) is 19.2. The van der Waals surface area contributed by atoms with Gasteiger partial charge in [-0.1, -0.05) is 67.1 Å². The van der Waals surface area contributed by atoms with Gasteiger partial charge in [-0.25, -0.2) is 0 Å². The molecule has 2 N–H and O–H groups in total. The zero-order chi connectivity index (χ0) is 22.1. The lowest BCUT2D eigenvalue weighted by Gasteiger charge is -2.18. The Balaban J connectivity index is 1.48. The maximum atomic E-state index is 12.4. The second kappa shape index (κ2) is 11.5. The third-order valence-electron chi connectivity index (χ3n) is 5.84. The van der Waals surface area contributed by atoms with Crippen molar-refractivity contribution in [2.45, 2.75) is 39.5 Å². The number of nitrogens with one attached hydrogen (secondary N) is 2. The number of hydrogen-bond acceptors (Lipinski definition) is 2. The van der Waals surface area contributed by atoms with Gasteiger partial charge >= 0.3 is 0 Å². The topological polar surface area (TPSA) is 56.7 Å². The lowest BCUT2D eigenvalue weighted by molar-refractivity contribution is -0.127. The highest BCUT2D eigenvalue weighted by Gasteiger charge is 2.29. The molecular formula is C26H36N4O. The number of carbonyl (C=O) groups is 1. The van der Waals surface area contributed by atoms with E-state index in [1.165, 1.54) is 16.7 Å². The molecule has 5 heteroatoms. The molecule has 1 fully saturated rings. The van der Waals surface area contributed by atoms with Crippen LogP contribution >= 0.6 is 0 Å². The number of rotatable bonds is 9. The van der Waals surface area contributed by atoms with Crippen molar-refractivity contribution < 1.29 is 4.79 Å². The number of carbonyl (C=O) groups excluding carboxylic acids is 1. The Morgan fingerprint density at radius 3 is 2.71 bits per heavy atom. The van der Waals surface area contributed by atoms with Gasteiger partial charge in [0.2, 0.25) is 5.91 Å². The molecule has 0 bridgehead atoms. The first-order valence-corrected chi connectivity index (χ1v) is 11.5. The molecule has 1 saturated heterocycles. The standard InChI is InChI=1S/C26H36N4O/c1-4-27-26(28-17-21(3)24-12-8-9-20(2)15-24)29-18-23-16-25(31)30(19-23)14-13-22-10-6-5-7-11-22/h5-12,15,21,23H,4,13-14,16-19H2,1-3H3,(H2,27,28,29). The molecule has 3 rings (SSSR count). The van der Waals surface area contributed by atoms with Crippen molar-refractivity contribution in [1.82, 2.24) is 15.5 Å². The van der Waals surface area contributed by atoms with E-state index in [1.807, 2.05) is 11.0 Å². The predicted octanol–water partition coefficient (Wildman–Crippen LogP) is 3.74. The fraction of sp³-hybridized carbons (Fsp3) is 0.462. The molecule has 1 aliphatic heterocycles. The van der Waals surface area contributed by atoms with E-state index >= 15 is 0 Å². The maximum absolute atomic E-state index is 12.4. The second-order valence-corrected chi connectivity index (χ2v) is 8.56. The molecule has 2 aromatic carbocycles. The highest BCUT2D eigenvalue weighted by molar-refractivity contribution is 5.81. The summed E-state index contributed by atoms with van der Waals surface area (Å²) < 4.78 is 0. The van der Waals surface area contributed by atoms with E-state index < -0.39 is 0 Å². The van der Waals surface area contributed by atoms with Crippen LogP contribution in [-0.4, -0.2) is 49.5 Å². The molecule has 0 aromatic heterocycles. The quantitative estimate of drug-likeness (QED) is 0.480. The minimum atomic E-state index is 0.262. The van der Waals surface area contributed by atoms with Gasteiger partial charge < -0.3 is 15.5 Å². The van der Waals surface area contributed by atoms with Gasteiger partial charge in [-0.3, -0.25) is 9.79 Å². The van der Waals surface area contributed by atoms with E-state index in [4.69, 9.17) is 4.99 Å². The summed E-state index contributed by atoms with van der Waals surface area (Å²) in [5.41, 5.74) is 3.87. The summed E-state index contributed by atoms with van der Waals surface area (Å²) in [6.07, 6.45) is 1.52. The summed E-state index contributed by atoms with van der Waals surface area (Å²) in [6, 6.07) is 19.0. The summed E-state index contributed by atoms with van der Waals surface area (Å²) in [5, 5.41) is 6.79. The van der Waals surface area contributed by atoms with Gasteiger partial charge in [0.15, 0.2) is 5.96 Å². The van der Waals surface area contributed by atoms with Crippen LogP contribution in [0.1, 0.15) is 42.9 Å². The largest absolute Gasteiger partial charge is 0.357 e. The van der Waals surface area contributed by atoms with Gasteiger partial charge in [-0.05, 0) is 31.4 Å². The van der Waals surface area contributed by atoms with Gasteiger partial charge in [0.1, 0.15) is 0 Å². The Bertz CT molecular complexity index is 865. The first kappa shape index (κ1) is 22.9. The highest BCUT2D eigenvalue weighted by atomic mass is 16.2. The number of aliphatic imine (C=N–C) groups is 1. The molecule has 2 aromatic rings. The van der Waals surface area contributed by atoms with Gasteiger partial charge in [-0.15, -0.1) is 0 Å². The smallest absolute Gasteiger partial charge is 0.223 e. The number of amides is 1. The van der Waals surface area contributed by atoms with E-state index in [9.17, 15) is 4.79 Å². The van der Waals surface area contributed by atoms with E-state index in [-0.39, 0.29) is 5.91 Å². The molecular weight excluding hydrogens is 384 g/mol. The number of likely N-dealkylation sites (tertiary alicyclic amines) is 1. The SMILES string of the molecule is CCNC(=NCC(C)c1cccc(C)c1)NCC1CC(=O)N(CCc2ccccc2)C1. The Labute approximate surface area is 187 Å². The van der Waals surface area contributed by atoms with Gasteiger partial charge in [0, 0.05) is 51.0 Å². The molecule has 2 atom stereocenters. The molecule has 0 spiro atoms. The van der Waals surface area contributed by atoms with E-state index in [0.717, 1.165) is 45.1 Å². The Morgan fingerprint density at radius 1 is 1.16 bits per heavy atom. The molecule has 31 heavy (non-hydrogen) atoms. The molecule has 0 saturated carbocycles. The normalized spacial score (nSPS) is 17.6. The van der Waals surface area contributed by atoms with Crippen molar-refractivity contribution in [3.8, 4) is 0 Å². The van der Waals surface area contributed by atoms with Crippen molar-refractivity contribution in [3.05, 3.63) is 71.3 Å². The Morgan fingerprint density at radius 2 is 1.97 bits per heavy atom. The number of nitrogens with zero attached hydrogens (tertiary/aromatic N) is 2. The lowest BCUT2D eigenvalue weighted by Crippen LogP contribution is -2.40. The number of hydrogen-bond donors (Lipinski definition) is 2. The van der Waals surface area contributed by atoms with Crippen molar-refractivity contribution in [1.29, 1.82) is 0 Å². The molecule has 0 aliphatic carbocycles. The summed E-state index contributed by atoms with van der Waals surface area (Å²) in [6.45, 7) is 10.3. The van der Waals surface area contributed by atoms with Crippen LogP contribution in [0.3, 0.4) is 0 Å². The third kappa shape index (κ3) is 7.12. The Kier molecular flexibility index (Phi) is 8.51. The van der Waals surface area contributed by atoms with Crippen LogP contribution in [0, 0.1) is 12.8 Å². The van der Waals surface area contributed by atoms with Gasteiger partial charge in [-0.2, -0.15) is 0 Å². The average molecular weight is 421 g/mol. The molecule has 2 unspecified atom stereocenters. The molecule has 166 valence electrons. The monoisotopic (exact) mass is 420 g/mol. The van der Waals surface area contributed by atoms with Crippen LogP contribution < -0.4 is 10.6 Å². The molecule has 5 nitrogen and oxygen atoms in total. The number of benzene rings is 2. The number of guanidine groups is 1. The summed E-state index contributed by atoms with van der Waals surface area (Å²) in [7, 11) is 0. The molecule has 1 aliphatic rings. The zero-order valence-corrected chi connectivity index (χ0v) is 19.1. The summed E-state index contributed by atoms with van der Waals surface area (Å²) >= 11 is 0. The van der Waals surface area contributed by atoms with Crippen molar-refractivity contribution in [2.24, 2.45) is 10.9 Å². The highest BCUT2D eigenvalue weighted by Crippen LogP contribution is 2.18. The second-order valence-electron chi connectivity index (χ2n) is 8.56. The van der Waals surface area contributed by atoms with Crippen LogP contribution in [0.2, 0.25) is 0 Å². The first-order valence-electron chi connectivity index (χ1n) is 11.5. The van der Waals surface area contributed by atoms with Crippen LogP contribution in [-0.2, 0) is 11.2 Å². The molecule has 1 amide bonds. The van der Waals surface area contributed by atoms with Crippen LogP contribution in [0.4, 0.5) is 0 Å². The maximum Gasteiger partial charge on any atom is 0.223 e. The van der Waals surface area contributed by atoms with Crippen LogP contribution in [0.5, 0.6) is 0 Å². The van der Waals surface area contributed by atoms with E-state index in [2.05, 4.69) is 79.9 Å². The van der Waals surface area contributed by atoms with Gasteiger partial charge in [0.05, 0.1) is 0 Å². The van der Waals surface area contributed by atoms with E-state index in [0.29, 0.717) is 18.3 Å².